The molecular weight excluding hydrogens is 443 g/mol. The van der Waals surface area contributed by atoms with E-state index in [1.165, 1.54) is 12.1 Å². The van der Waals surface area contributed by atoms with E-state index in [-0.39, 0.29) is 11.9 Å². The number of ether oxygens (including phenoxy) is 1. The molecule has 0 N–H and O–H groups in total. The van der Waals surface area contributed by atoms with Crippen molar-refractivity contribution >= 4 is 33.2 Å². The van der Waals surface area contributed by atoms with E-state index in [0.717, 1.165) is 32.6 Å². The average Bonchev–Trinajstić information content (AvgIpc) is 3.14. The molecule has 0 bridgehead atoms. The van der Waals surface area contributed by atoms with Crippen molar-refractivity contribution in [1.82, 2.24) is 5.01 Å². The molecule has 28 heavy (non-hydrogen) atoms. The fraction of sp³-hybridized carbons (Fsp3) is 0.136. The third-order valence-electron chi connectivity index (χ3n) is 5.10. The highest BCUT2D eigenvalue weighted by molar-refractivity contribution is 9.10. The smallest absolute Gasteiger partial charge is 0.215 e. The van der Waals surface area contributed by atoms with Crippen LogP contribution in [0.1, 0.15) is 35.4 Å². The molecule has 0 saturated carbocycles. The van der Waals surface area contributed by atoms with Gasteiger partial charge in [-0.3, -0.25) is 0 Å². The molecule has 0 spiro atoms. The van der Waals surface area contributed by atoms with E-state index in [1.54, 1.807) is 12.1 Å². The molecule has 5 rings (SSSR count). The molecule has 0 radical (unpaired) electrons. The van der Waals surface area contributed by atoms with Crippen molar-refractivity contribution in [2.45, 2.75) is 18.7 Å². The van der Waals surface area contributed by atoms with Crippen LogP contribution >= 0.6 is 27.5 Å². The van der Waals surface area contributed by atoms with E-state index in [4.69, 9.17) is 21.4 Å². The molecular formula is C22H15BrClFN2O. The SMILES string of the molecule is Fc1ccc(C2=NN3[C@@H](c4ccccc4Cl)Oc4ccc(Br)cc4[C@@H]3C2)cc1. The summed E-state index contributed by atoms with van der Waals surface area (Å²) in [5.74, 6) is 0.566. The highest BCUT2D eigenvalue weighted by Gasteiger charge is 2.41. The minimum absolute atomic E-state index is 0.0163. The van der Waals surface area contributed by atoms with E-state index in [2.05, 4.69) is 22.0 Å². The van der Waals surface area contributed by atoms with Gasteiger partial charge in [-0.25, -0.2) is 9.40 Å². The van der Waals surface area contributed by atoms with Crippen molar-refractivity contribution in [3.8, 4) is 5.75 Å². The van der Waals surface area contributed by atoms with Gasteiger partial charge in [0, 0.05) is 27.0 Å². The first-order valence-corrected chi connectivity index (χ1v) is 10.1. The summed E-state index contributed by atoms with van der Waals surface area (Å²) in [6.45, 7) is 0. The Morgan fingerprint density at radius 3 is 2.61 bits per heavy atom. The number of benzene rings is 3. The molecule has 0 fully saturated rings. The van der Waals surface area contributed by atoms with Crippen molar-refractivity contribution in [2.24, 2.45) is 5.10 Å². The average molecular weight is 458 g/mol. The number of hydrogen-bond donors (Lipinski definition) is 0. The van der Waals surface area contributed by atoms with Gasteiger partial charge in [0.2, 0.25) is 6.23 Å². The van der Waals surface area contributed by atoms with Crippen LogP contribution in [0, 0.1) is 5.82 Å². The second-order valence-electron chi connectivity index (χ2n) is 6.83. The van der Waals surface area contributed by atoms with Gasteiger partial charge >= 0.3 is 0 Å². The standard InChI is InChI=1S/C22H15BrClFN2O/c23-14-7-10-21-17(11-14)20-12-19(13-5-8-15(25)9-6-13)26-27(20)22(28-21)16-3-1-2-4-18(16)24/h1-11,20,22H,12H2/t20-,22+/m0/s1. The van der Waals surface area contributed by atoms with Crippen molar-refractivity contribution in [2.75, 3.05) is 0 Å². The van der Waals surface area contributed by atoms with E-state index >= 15 is 0 Å². The van der Waals surface area contributed by atoms with Gasteiger partial charge in [-0.15, -0.1) is 0 Å². The molecule has 2 atom stereocenters. The van der Waals surface area contributed by atoms with Crippen molar-refractivity contribution in [1.29, 1.82) is 0 Å². The second-order valence-corrected chi connectivity index (χ2v) is 8.15. The minimum Gasteiger partial charge on any atom is -0.464 e. The van der Waals surface area contributed by atoms with Gasteiger partial charge in [-0.2, -0.15) is 5.10 Å². The van der Waals surface area contributed by atoms with Gasteiger partial charge < -0.3 is 4.74 Å². The fourth-order valence-corrected chi connectivity index (χ4v) is 4.36. The Morgan fingerprint density at radius 2 is 1.82 bits per heavy atom. The number of nitrogens with zero attached hydrogens (tertiary/aromatic N) is 2. The summed E-state index contributed by atoms with van der Waals surface area (Å²) in [4.78, 5) is 0. The van der Waals surface area contributed by atoms with Crippen LogP contribution in [-0.2, 0) is 0 Å². The summed E-state index contributed by atoms with van der Waals surface area (Å²) in [6.07, 6.45) is 0.282. The molecule has 3 nitrogen and oxygen atoms in total. The lowest BCUT2D eigenvalue weighted by Crippen LogP contribution is -2.33. The fourth-order valence-electron chi connectivity index (χ4n) is 3.76. The minimum atomic E-state index is -0.426. The summed E-state index contributed by atoms with van der Waals surface area (Å²) in [5, 5.41) is 7.47. The molecule has 6 heteroatoms. The summed E-state index contributed by atoms with van der Waals surface area (Å²) in [6, 6.07) is 20.1. The van der Waals surface area contributed by atoms with Gasteiger partial charge in [0.05, 0.1) is 11.8 Å². The Balaban J connectivity index is 1.62. The number of halogens is 3. The van der Waals surface area contributed by atoms with Gasteiger partial charge in [-0.05, 0) is 42.0 Å². The lowest BCUT2D eigenvalue weighted by molar-refractivity contribution is -0.0190. The molecule has 0 saturated heterocycles. The van der Waals surface area contributed by atoms with Gasteiger partial charge in [0.25, 0.3) is 0 Å². The molecule has 0 aliphatic carbocycles. The number of hydrazone groups is 1. The first-order chi connectivity index (χ1) is 13.6. The molecule has 140 valence electrons. The third-order valence-corrected chi connectivity index (χ3v) is 5.94. The summed E-state index contributed by atoms with van der Waals surface area (Å²) in [5.41, 5.74) is 3.74. The van der Waals surface area contributed by atoms with Gasteiger partial charge in [0.15, 0.2) is 0 Å². The van der Waals surface area contributed by atoms with Crippen LogP contribution < -0.4 is 4.74 Å². The Kier molecular flexibility index (Phi) is 4.37. The van der Waals surface area contributed by atoms with Crippen LogP contribution in [0.5, 0.6) is 5.75 Å². The molecule has 0 aromatic heterocycles. The predicted octanol–water partition coefficient (Wildman–Crippen LogP) is 6.48. The van der Waals surface area contributed by atoms with Crippen LogP contribution in [0.3, 0.4) is 0 Å². The molecule has 2 aliphatic rings. The van der Waals surface area contributed by atoms with Gasteiger partial charge in [0.1, 0.15) is 11.6 Å². The summed E-state index contributed by atoms with van der Waals surface area (Å²) >= 11 is 10.0. The van der Waals surface area contributed by atoms with E-state index < -0.39 is 6.23 Å². The van der Waals surface area contributed by atoms with E-state index in [9.17, 15) is 4.39 Å². The van der Waals surface area contributed by atoms with Crippen molar-refractivity contribution in [3.05, 3.63) is 98.7 Å². The molecule has 3 aromatic carbocycles. The van der Waals surface area contributed by atoms with Crippen LogP contribution in [0.4, 0.5) is 4.39 Å². The summed E-state index contributed by atoms with van der Waals surface area (Å²) < 4.78 is 20.7. The zero-order valence-corrected chi connectivity index (χ0v) is 17.0. The molecule has 2 heterocycles. The monoisotopic (exact) mass is 456 g/mol. The zero-order chi connectivity index (χ0) is 19.3. The Morgan fingerprint density at radius 1 is 1.04 bits per heavy atom. The number of rotatable bonds is 2. The van der Waals surface area contributed by atoms with Crippen LogP contribution in [0.2, 0.25) is 5.02 Å². The van der Waals surface area contributed by atoms with Crippen LogP contribution in [0.15, 0.2) is 76.3 Å². The summed E-state index contributed by atoms with van der Waals surface area (Å²) in [7, 11) is 0. The maximum absolute atomic E-state index is 13.3. The predicted molar refractivity (Wildman–Crippen MR) is 111 cm³/mol. The Bertz CT molecular complexity index is 1090. The highest BCUT2D eigenvalue weighted by atomic mass is 79.9. The second kappa shape index (κ2) is 6.90. The van der Waals surface area contributed by atoms with E-state index in [0.29, 0.717) is 11.4 Å². The Labute approximate surface area is 175 Å². The van der Waals surface area contributed by atoms with Crippen LogP contribution in [0.25, 0.3) is 0 Å². The lowest BCUT2D eigenvalue weighted by Gasteiger charge is -2.38. The first kappa shape index (κ1) is 17.7. The van der Waals surface area contributed by atoms with Crippen LogP contribution in [-0.4, -0.2) is 10.7 Å². The van der Waals surface area contributed by atoms with Gasteiger partial charge in [-0.1, -0.05) is 57.9 Å². The maximum Gasteiger partial charge on any atom is 0.215 e. The zero-order valence-electron chi connectivity index (χ0n) is 14.6. The first-order valence-electron chi connectivity index (χ1n) is 8.92. The maximum atomic E-state index is 13.3. The molecule has 0 amide bonds. The molecule has 0 unspecified atom stereocenters. The van der Waals surface area contributed by atoms with Crippen molar-refractivity contribution in [3.63, 3.8) is 0 Å². The Hall–Kier alpha value is -2.37. The molecule has 2 aliphatic heterocycles. The normalized spacial score (nSPS) is 20.2. The topological polar surface area (TPSA) is 24.8 Å². The highest BCUT2D eigenvalue weighted by Crippen LogP contribution is 2.49. The molecule has 3 aromatic rings. The van der Waals surface area contributed by atoms with Crippen molar-refractivity contribution < 1.29 is 9.13 Å². The largest absolute Gasteiger partial charge is 0.464 e. The lowest BCUT2D eigenvalue weighted by atomic mass is 9.96. The quantitative estimate of drug-likeness (QED) is 0.440. The number of fused-ring (bicyclic) bond motifs is 3. The number of hydrogen-bond acceptors (Lipinski definition) is 3. The van der Waals surface area contributed by atoms with E-state index in [1.807, 2.05) is 41.4 Å². The third kappa shape index (κ3) is 2.99.